The number of hydrogen-bond donors (Lipinski definition) is 0. The van der Waals surface area contributed by atoms with Gasteiger partial charge in [-0.1, -0.05) is 6.58 Å². The number of esters is 1. The lowest BCUT2D eigenvalue weighted by molar-refractivity contribution is -0.138. The van der Waals surface area contributed by atoms with Gasteiger partial charge in [0.2, 0.25) is 0 Å². The first-order valence-corrected chi connectivity index (χ1v) is 17.7. The van der Waals surface area contributed by atoms with Crippen molar-refractivity contribution in [1.29, 1.82) is 0 Å². The van der Waals surface area contributed by atoms with Crippen LogP contribution in [0, 0.1) is 0 Å². The second-order valence-electron chi connectivity index (χ2n) is 8.11. The Hall–Kier alpha value is -0.219. The van der Waals surface area contributed by atoms with Crippen molar-refractivity contribution in [2.75, 3.05) is 13.7 Å². The lowest BCUT2D eigenvalue weighted by Gasteiger charge is -2.35. The van der Waals surface area contributed by atoms with E-state index in [1.807, 2.05) is 7.11 Å². The van der Waals surface area contributed by atoms with Crippen LogP contribution in [0.2, 0.25) is 57.4 Å². The molecule has 0 amide bonds. The van der Waals surface area contributed by atoms with E-state index in [0.717, 1.165) is 24.6 Å². The zero-order valence-electron chi connectivity index (χ0n) is 16.4. The lowest BCUT2D eigenvalue weighted by atomic mass is 10.4. The number of rotatable bonds is 11. The molecule has 4 nitrogen and oxygen atoms in total. The molecule has 0 spiro atoms. The molecule has 7 heteroatoms. The first-order valence-electron chi connectivity index (χ1n) is 8.38. The molecular weight excluding hydrogens is 340 g/mol. The molecule has 0 bridgehead atoms. The van der Waals surface area contributed by atoms with Gasteiger partial charge in [-0.15, -0.1) is 0 Å². The number of hydrogen-bond acceptors (Lipinski definition) is 4. The topological polar surface area (TPSA) is 44.8 Å². The molecule has 0 aromatic rings. The summed E-state index contributed by atoms with van der Waals surface area (Å²) in [6, 6.07) is 3.32. The fourth-order valence-electron chi connectivity index (χ4n) is 2.34. The molecule has 0 saturated heterocycles. The van der Waals surface area contributed by atoms with Crippen molar-refractivity contribution in [3.05, 3.63) is 12.2 Å². The minimum absolute atomic E-state index is 0.299. The van der Waals surface area contributed by atoms with Crippen LogP contribution in [0.25, 0.3) is 0 Å². The van der Waals surface area contributed by atoms with Crippen molar-refractivity contribution in [2.45, 2.75) is 70.8 Å². The Bertz CT molecular complexity index is 406. The third kappa shape index (κ3) is 11.0. The van der Waals surface area contributed by atoms with Crippen LogP contribution in [0.3, 0.4) is 0 Å². The van der Waals surface area contributed by atoms with Crippen molar-refractivity contribution in [1.82, 2.24) is 0 Å². The summed E-state index contributed by atoms with van der Waals surface area (Å²) < 4.78 is 17.4. The minimum Gasteiger partial charge on any atom is -0.462 e. The van der Waals surface area contributed by atoms with Gasteiger partial charge in [0, 0.05) is 12.7 Å². The monoisotopic (exact) mass is 376 g/mol. The summed E-state index contributed by atoms with van der Waals surface area (Å²) in [6.45, 7) is 19.4. The Kier molecular flexibility index (Phi) is 9.22. The lowest BCUT2D eigenvalue weighted by Crippen LogP contribution is -2.45. The Morgan fingerprint density at radius 1 is 0.913 bits per heavy atom. The molecule has 0 aromatic heterocycles. The van der Waals surface area contributed by atoms with Gasteiger partial charge < -0.3 is 13.3 Å². The van der Waals surface area contributed by atoms with Crippen LogP contribution in [-0.4, -0.2) is 44.6 Å². The molecule has 23 heavy (non-hydrogen) atoms. The molecule has 136 valence electrons. The maximum Gasteiger partial charge on any atom is 0.333 e. The maximum absolute atomic E-state index is 11.4. The SMILES string of the molecule is C=C(C)C(=O)OCCC[Si](C)(C)O[Si](C)(C)CC[Si](C)(C)OC. The largest absolute Gasteiger partial charge is 0.462 e. The van der Waals surface area contributed by atoms with Gasteiger partial charge in [0.05, 0.1) is 6.61 Å². The van der Waals surface area contributed by atoms with Gasteiger partial charge >= 0.3 is 5.97 Å². The van der Waals surface area contributed by atoms with Gasteiger partial charge in [0.25, 0.3) is 0 Å². The van der Waals surface area contributed by atoms with Gasteiger partial charge in [-0.05, 0) is 70.8 Å². The van der Waals surface area contributed by atoms with Crippen LogP contribution < -0.4 is 0 Å². The first-order chi connectivity index (χ1) is 10.3. The molecule has 0 aliphatic rings. The third-order valence-corrected chi connectivity index (χ3v) is 14.4. The van der Waals surface area contributed by atoms with Gasteiger partial charge in [-0.2, -0.15) is 0 Å². The molecule has 0 aliphatic heterocycles. The van der Waals surface area contributed by atoms with E-state index in [4.69, 9.17) is 13.3 Å². The van der Waals surface area contributed by atoms with E-state index in [2.05, 4.69) is 45.9 Å². The van der Waals surface area contributed by atoms with E-state index in [0.29, 0.717) is 12.2 Å². The molecule has 0 rings (SSSR count). The molecule has 0 saturated carbocycles. The van der Waals surface area contributed by atoms with Crippen LogP contribution >= 0.6 is 0 Å². The smallest absolute Gasteiger partial charge is 0.333 e. The van der Waals surface area contributed by atoms with Gasteiger partial charge in [0.1, 0.15) is 0 Å². The minimum atomic E-state index is -1.72. The molecule has 0 aliphatic carbocycles. The summed E-state index contributed by atoms with van der Waals surface area (Å²) in [4.78, 5) is 11.4. The molecule has 0 heterocycles. The van der Waals surface area contributed by atoms with Crippen LogP contribution in [0.1, 0.15) is 13.3 Å². The average Bonchev–Trinajstić information content (AvgIpc) is 2.40. The van der Waals surface area contributed by atoms with E-state index in [9.17, 15) is 4.79 Å². The van der Waals surface area contributed by atoms with Crippen LogP contribution in [0.15, 0.2) is 12.2 Å². The molecule has 0 N–H and O–H groups in total. The highest BCUT2D eigenvalue weighted by Gasteiger charge is 2.34. The quantitative estimate of drug-likeness (QED) is 0.225. The van der Waals surface area contributed by atoms with E-state index in [-0.39, 0.29) is 5.97 Å². The molecule has 0 radical (unpaired) electrons. The van der Waals surface area contributed by atoms with Gasteiger partial charge in [-0.3, -0.25) is 0 Å². The highest BCUT2D eigenvalue weighted by atomic mass is 28.4. The highest BCUT2D eigenvalue weighted by Crippen LogP contribution is 2.26. The summed E-state index contributed by atoms with van der Waals surface area (Å²) >= 11 is 0. The van der Waals surface area contributed by atoms with Crippen molar-refractivity contribution in [2.24, 2.45) is 0 Å². The van der Waals surface area contributed by atoms with Gasteiger partial charge in [-0.25, -0.2) is 4.79 Å². The van der Waals surface area contributed by atoms with E-state index < -0.39 is 25.0 Å². The zero-order chi connectivity index (χ0) is 18.3. The maximum atomic E-state index is 11.4. The predicted molar refractivity (Wildman–Crippen MR) is 105 cm³/mol. The number of carbonyl (C=O) groups excluding carboxylic acids is 1. The third-order valence-electron chi connectivity index (χ3n) is 3.94. The Morgan fingerprint density at radius 3 is 1.87 bits per heavy atom. The van der Waals surface area contributed by atoms with Crippen molar-refractivity contribution in [3.8, 4) is 0 Å². The molecule has 0 atom stereocenters. The van der Waals surface area contributed by atoms with Crippen molar-refractivity contribution in [3.63, 3.8) is 0 Å². The molecular formula is C16H36O4Si3. The van der Waals surface area contributed by atoms with Gasteiger partial charge in [0.15, 0.2) is 25.0 Å². The van der Waals surface area contributed by atoms with Crippen molar-refractivity contribution >= 4 is 30.9 Å². The standard InChI is InChI=1S/C16H36O4Si3/c1-15(2)16(17)19-11-10-12-22(6,7)20-23(8,9)14-13-21(4,5)18-3/h1,10-14H2,2-9H3. The Morgan fingerprint density at radius 2 is 1.39 bits per heavy atom. The molecule has 0 fully saturated rings. The summed E-state index contributed by atoms with van der Waals surface area (Å²) in [6.07, 6.45) is 0.862. The second kappa shape index (κ2) is 9.31. The summed E-state index contributed by atoms with van der Waals surface area (Å²) in [5.41, 5.74) is 0.455. The zero-order valence-corrected chi connectivity index (χ0v) is 19.4. The second-order valence-corrected chi connectivity index (χ2v) is 21.4. The normalized spacial score (nSPS) is 13.0. The van der Waals surface area contributed by atoms with Crippen LogP contribution in [0.5, 0.6) is 0 Å². The summed E-state index contributed by atoms with van der Waals surface area (Å²) in [5.74, 6) is -0.299. The van der Waals surface area contributed by atoms with E-state index in [1.54, 1.807) is 6.92 Å². The van der Waals surface area contributed by atoms with E-state index in [1.165, 1.54) is 0 Å². The fourth-order valence-corrected chi connectivity index (χ4v) is 15.2. The van der Waals surface area contributed by atoms with Crippen molar-refractivity contribution < 1.29 is 18.1 Å². The Labute approximate surface area is 146 Å². The summed E-state index contributed by atoms with van der Waals surface area (Å²) in [7, 11) is -3.08. The Balaban J connectivity index is 4.27. The average molecular weight is 377 g/mol. The van der Waals surface area contributed by atoms with Crippen LogP contribution in [0.4, 0.5) is 0 Å². The predicted octanol–water partition coefficient (Wildman–Crippen LogP) is 4.77. The fraction of sp³-hybridized carbons (Fsp3) is 0.812. The van der Waals surface area contributed by atoms with Crippen LogP contribution in [-0.2, 0) is 18.1 Å². The molecule has 0 unspecified atom stereocenters. The number of ether oxygens (including phenoxy) is 1. The molecule has 0 aromatic carbocycles. The van der Waals surface area contributed by atoms with E-state index >= 15 is 0 Å². The number of carbonyl (C=O) groups is 1. The highest BCUT2D eigenvalue weighted by molar-refractivity contribution is 6.85. The summed E-state index contributed by atoms with van der Waals surface area (Å²) in [5, 5.41) is 0. The first kappa shape index (κ1) is 22.8.